The van der Waals surface area contributed by atoms with E-state index in [9.17, 15) is 9.59 Å². The number of carbonyl (C=O) groups is 2. The fourth-order valence-corrected chi connectivity index (χ4v) is 3.50. The third-order valence-electron chi connectivity index (χ3n) is 5.14. The molecule has 0 aromatic carbocycles. The number of anilines is 1. The minimum absolute atomic E-state index is 0.178. The summed E-state index contributed by atoms with van der Waals surface area (Å²) in [6, 6.07) is 5.74. The first kappa shape index (κ1) is 17.6. The summed E-state index contributed by atoms with van der Waals surface area (Å²) in [5.41, 5.74) is 1.74. The molecule has 0 amide bonds. The van der Waals surface area contributed by atoms with E-state index >= 15 is 0 Å². The standard InChI is InChI=1S/C20H23N5O2/c1-14-17(26)8-7-15(19(14)27)22-18-16-6-2-3-12-25(16)23-20(18)21-9-13-24-10-4-5-11-24/h2-3,6-8,12,14H,4-5,9-11,13H2,1H3,(H,21,23). The van der Waals surface area contributed by atoms with E-state index in [-0.39, 0.29) is 11.6 Å². The molecule has 2 aliphatic rings. The van der Waals surface area contributed by atoms with Gasteiger partial charge >= 0.3 is 0 Å². The summed E-state index contributed by atoms with van der Waals surface area (Å²) in [7, 11) is 0. The summed E-state index contributed by atoms with van der Waals surface area (Å²) in [5.74, 6) is -0.454. The van der Waals surface area contributed by atoms with Crippen molar-refractivity contribution in [3.8, 4) is 0 Å². The molecule has 7 heteroatoms. The van der Waals surface area contributed by atoms with Crippen molar-refractivity contribution in [1.29, 1.82) is 0 Å². The molecule has 1 unspecified atom stereocenters. The first-order chi connectivity index (χ1) is 13.1. The summed E-state index contributed by atoms with van der Waals surface area (Å²) < 4.78 is 1.75. The SMILES string of the molecule is CC1C(=O)C=CC(=Nc2c(NCCN3CCCC3)nn3ccccc23)C1=O. The number of aromatic nitrogens is 2. The minimum Gasteiger partial charge on any atom is -0.365 e. The Bertz CT molecular complexity index is 937. The highest BCUT2D eigenvalue weighted by Crippen LogP contribution is 2.30. The molecule has 2 aromatic heterocycles. The van der Waals surface area contributed by atoms with Gasteiger partial charge < -0.3 is 10.2 Å². The molecule has 3 heterocycles. The minimum atomic E-state index is -0.679. The number of fused-ring (bicyclic) bond motifs is 1. The molecule has 1 aliphatic heterocycles. The molecule has 0 spiro atoms. The normalized spacial score (nSPS) is 22.3. The molecule has 0 bridgehead atoms. The second-order valence-corrected chi connectivity index (χ2v) is 7.02. The van der Waals surface area contributed by atoms with E-state index in [1.807, 2.05) is 24.4 Å². The molecule has 2 aromatic rings. The van der Waals surface area contributed by atoms with Gasteiger partial charge in [-0.15, -0.1) is 5.10 Å². The molecule has 0 radical (unpaired) electrons. The van der Waals surface area contributed by atoms with Gasteiger partial charge in [0.05, 0.1) is 11.4 Å². The number of hydrogen-bond acceptors (Lipinski definition) is 6. The van der Waals surface area contributed by atoms with Crippen LogP contribution in [0, 0.1) is 5.92 Å². The Morgan fingerprint density at radius 1 is 1.22 bits per heavy atom. The van der Waals surface area contributed by atoms with Crippen molar-refractivity contribution in [3.05, 3.63) is 36.5 Å². The van der Waals surface area contributed by atoms with Crippen LogP contribution in [0.5, 0.6) is 0 Å². The predicted octanol–water partition coefficient (Wildman–Crippen LogP) is 2.26. The molecule has 1 saturated heterocycles. The fraction of sp³-hybridized carbons (Fsp3) is 0.400. The van der Waals surface area contributed by atoms with Gasteiger partial charge in [0.15, 0.2) is 17.4 Å². The molecule has 0 saturated carbocycles. The van der Waals surface area contributed by atoms with Gasteiger partial charge in [-0.1, -0.05) is 6.07 Å². The number of pyridine rings is 1. The zero-order valence-corrected chi connectivity index (χ0v) is 15.4. The van der Waals surface area contributed by atoms with E-state index in [0.717, 1.165) is 31.7 Å². The topological polar surface area (TPSA) is 79.1 Å². The van der Waals surface area contributed by atoms with Crippen molar-refractivity contribution >= 4 is 34.3 Å². The van der Waals surface area contributed by atoms with Crippen LogP contribution in [0.1, 0.15) is 19.8 Å². The van der Waals surface area contributed by atoms with Gasteiger partial charge in [-0.05, 0) is 57.1 Å². The maximum absolute atomic E-state index is 12.4. The highest BCUT2D eigenvalue weighted by atomic mass is 16.2. The largest absolute Gasteiger partial charge is 0.365 e. The van der Waals surface area contributed by atoms with Crippen LogP contribution in [-0.2, 0) is 9.59 Å². The molecular formula is C20H23N5O2. The van der Waals surface area contributed by atoms with Crippen LogP contribution >= 0.6 is 0 Å². The van der Waals surface area contributed by atoms with Crippen molar-refractivity contribution in [3.63, 3.8) is 0 Å². The van der Waals surface area contributed by atoms with Crippen LogP contribution in [-0.4, -0.2) is 58.0 Å². The van der Waals surface area contributed by atoms with Gasteiger partial charge in [-0.25, -0.2) is 9.51 Å². The molecule has 7 nitrogen and oxygen atoms in total. The lowest BCUT2D eigenvalue weighted by atomic mass is 9.92. The number of rotatable bonds is 5. The van der Waals surface area contributed by atoms with E-state index in [4.69, 9.17) is 0 Å². The average molecular weight is 365 g/mol. The van der Waals surface area contributed by atoms with Gasteiger partial charge in [0.25, 0.3) is 0 Å². The molecule has 1 fully saturated rings. The molecule has 1 aliphatic carbocycles. The monoisotopic (exact) mass is 365 g/mol. The Morgan fingerprint density at radius 3 is 2.85 bits per heavy atom. The summed E-state index contributed by atoms with van der Waals surface area (Å²) >= 11 is 0. The van der Waals surface area contributed by atoms with Crippen LogP contribution in [0.15, 0.2) is 41.5 Å². The summed E-state index contributed by atoms with van der Waals surface area (Å²) in [4.78, 5) is 31.2. The number of nitrogens with zero attached hydrogens (tertiary/aromatic N) is 4. The summed E-state index contributed by atoms with van der Waals surface area (Å²) in [5, 5.41) is 7.95. The van der Waals surface area contributed by atoms with E-state index in [0.29, 0.717) is 17.2 Å². The van der Waals surface area contributed by atoms with Crippen molar-refractivity contribution < 1.29 is 9.59 Å². The highest BCUT2D eigenvalue weighted by molar-refractivity contribution is 6.50. The lowest BCUT2D eigenvalue weighted by Crippen LogP contribution is -2.29. The third-order valence-corrected chi connectivity index (χ3v) is 5.14. The summed E-state index contributed by atoms with van der Waals surface area (Å²) in [6.07, 6.45) is 7.31. The zero-order valence-electron chi connectivity index (χ0n) is 15.4. The van der Waals surface area contributed by atoms with Crippen LogP contribution in [0.3, 0.4) is 0 Å². The van der Waals surface area contributed by atoms with Crippen molar-refractivity contribution in [2.24, 2.45) is 10.9 Å². The van der Waals surface area contributed by atoms with E-state index in [1.54, 1.807) is 11.4 Å². The Morgan fingerprint density at radius 2 is 2.04 bits per heavy atom. The number of allylic oxidation sites excluding steroid dienone is 2. The second-order valence-electron chi connectivity index (χ2n) is 7.02. The van der Waals surface area contributed by atoms with Crippen molar-refractivity contribution in [2.75, 3.05) is 31.5 Å². The second kappa shape index (κ2) is 7.44. The maximum Gasteiger partial charge on any atom is 0.191 e. The van der Waals surface area contributed by atoms with Crippen molar-refractivity contribution in [2.45, 2.75) is 19.8 Å². The summed E-state index contributed by atoms with van der Waals surface area (Å²) in [6.45, 7) is 5.63. The lowest BCUT2D eigenvalue weighted by Gasteiger charge is -2.15. The van der Waals surface area contributed by atoms with Crippen LogP contribution < -0.4 is 5.32 Å². The molecule has 4 rings (SSSR count). The Hall–Kier alpha value is -2.80. The van der Waals surface area contributed by atoms with Gasteiger partial charge in [0.1, 0.15) is 11.4 Å². The van der Waals surface area contributed by atoms with Crippen LogP contribution in [0.4, 0.5) is 11.5 Å². The quantitative estimate of drug-likeness (QED) is 0.822. The molecule has 140 valence electrons. The van der Waals surface area contributed by atoms with Gasteiger partial charge in [-0.2, -0.15) is 0 Å². The third kappa shape index (κ3) is 3.55. The average Bonchev–Trinajstić information content (AvgIpc) is 3.31. The van der Waals surface area contributed by atoms with Crippen molar-refractivity contribution in [1.82, 2.24) is 14.5 Å². The van der Waals surface area contributed by atoms with E-state index in [1.165, 1.54) is 25.0 Å². The maximum atomic E-state index is 12.4. The molecular weight excluding hydrogens is 342 g/mol. The Balaban J connectivity index is 1.64. The number of aliphatic imine (C=N–C) groups is 1. The van der Waals surface area contributed by atoms with E-state index < -0.39 is 5.92 Å². The predicted molar refractivity (Wildman–Crippen MR) is 105 cm³/mol. The number of likely N-dealkylation sites (tertiary alicyclic amines) is 1. The smallest absolute Gasteiger partial charge is 0.191 e. The fourth-order valence-electron chi connectivity index (χ4n) is 3.50. The lowest BCUT2D eigenvalue weighted by molar-refractivity contribution is -0.126. The van der Waals surface area contributed by atoms with Gasteiger partial charge in [0.2, 0.25) is 0 Å². The first-order valence-corrected chi connectivity index (χ1v) is 9.42. The molecule has 27 heavy (non-hydrogen) atoms. The first-order valence-electron chi connectivity index (χ1n) is 9.42. The molecule has 1 N–H and O–H groups in total. The van der Waals surface area contributed by atoms with Crippen LogP contribution in [0.2, 0.25) is 0 Å². The van der Waals surface area contributed by atoms with E-state index in [2.05, 4.69) is 20.3 Å². The number of Topliss-reactive ketones (excluding diaryl/α,β-unsaturated/α-hetero) is 1. The van der Waals surface area contributed by atoms with Gasteiger partial charge in [0, 0.05) is 19.3 Å². The Kier molecular flexibility index (Phi) is 4.85. The molecule has 1 atom stereocenters. The van der Waals surface area contributed by atoms with Gasteiger partial charge in [-0.3, -0.25) is 9.59 Å². The number of hydrogen-bond donors (Lipinski definition) is 1. The number of ketones is 2. The number of nitrogens with one attached hydrogen (secondary N) is 1. The number of carbonyl (C=O) groups excluding carboxylic acids is 2. The Labute approximate surface area is 157 Å². The zero-order chi connectivity index (χ0) is 18.8. The van der Waals surface area contributed by atoms with Crippen LogP contribution in [0.25, 0.3) is 5.52 Å². The highest BCUT2D eigenvalue weighted by Gasteiger charge is 2.27.